The Morgan fingerprint density at radius 3 is 2.59 bits per heavy atom. The van der Waals surface area contributed by atoms with Gasteiger partial charge < -0.3 is 9.73 Å². The molecule has 1 unspecified atom stereocenters. The first-order valence-corrected chi connectivity index (χ1v) is 5.36. The highest BCUT2D eigenvalue weighted by molar-refractivity contribution is 6.29. The van der Waals surface area contributed by atoms with Crippen LogP contribution in [0.25, 0.3) is 0 Å². The fourth-order valence-electron chi connectivity index (χ4n) is 1.72. The first-order chi connectivity index (χ1) is 8.13. The maximum absolute atomic E-state index is 13.6. The van der Waals surface area contributed by atoms with Crippen LogP contribution in [0.15, 0.2) is 34.9 Å². The molecule has 1 atom stereocenters. The summed E-state index contributed by atoms with van der Waals surface area (Å²) >= 11 is 5.83. The molecule has 90 valence electrons. The molecule has 2 rings (SSSR count). The van der Waals surface area contributed by atoms with Crippen LogP contribution in [0.2, 0.25) is 5.22 Å². The van der Waals surface area contributed by atoms with Gasteiger partial charge in [-0.25, -0.2) is 8.78 Å². The molecule has 2 nitrogen and oxygen atoms in total. The Bertz CT molecular complexity index is 527. The van der Waals surface area contributed by atoms with Gasteiger partial charge in [0.05, 0.1) is 12.3 Å². The summed E-state index contributed by atoms with van der Waals surface area (Å²) in [5.41, 5.74) is 0.759. The van der Waals surface area contributed by atoms with E-state index in [1.807, 2.05) is 0 Å². The van der Waals surface area contributed by atoms with Crippen molar-refractivity contribution in [2.75, 3.05) is 7.05 Å². The van der Waals surface area contributed by atoms with E-state index in [2.05, 4.69) is 5.32 Å². The van der Waals surface area contributed by atoms with Crippen LogP contribution >= 0.6 is 11.6 Å². The van der Waals surface area contributed by atoms with E-state index in [4.69, 9.17) is 16.0 Å². The fraction of sp³-hybridized carbons (Fsp3) is 0.167. The maximum atomic E-state index is 13.6. The van der Waals surface area contributed by atoms with E-state index in [1.54, 1.807) is 13.1 Å². The van der Waals surface area contributed by atoms with Crippen molar-refractivity contribution in [3.8, 4) is 0 Å². The molecule has 0 amide bonds. The van der Waals surface area contributed by atoms with Gasteiger partial charge >= 0.3 is 0 Å². The molecular formula is C12H10ClF2NO. The van der Waals surface area contributed by atoms with Crippen LogP contribution in [0.5, 0.6) is 0 Å². The van der Waals surface area contributed by atoms with Crippen molar-refractivity contribution in [3.05, 3.63) is 58.5 Å². The summed E-state index contributed by atoms with van der Waals surface area (Å²) in [6.07, 6.45) is 1.40. The van der Waals surface area contributed by atoms with Gasteiger partial charge in [0.25, 0.3) is 0 Å². The molecule has 1 aromatic heterocycles. The third-order valence-electron chi connectivity index (χ3n) is 2.51. The van der Waals surface area contributed by atoms with Gasteiger partial charge in [-0.05, 0) is 42.9 Å². The second-order valence-electron chi connectivity index (χ2n) is 3.54. The Morgan fingerprint density at radius 1 is 1.24 bits per heavy atom. The van der Waals surface area contributed by atoms with Crippen molar-refractivity contribution in [1.29, 1.82) is 0 Å². The summed E-state index contributed by atoms with van der Waals surface area (Å²) < 4.78 is 31.7. The predicted molar refractivity (Wildman–Crippen MR) is 61.0 cm³/mol. The topological polar surface area (TPSA) is 25.2 Å². The lowest BCUT2D eigenvalue weighted by atomic mass is 10.0. The number of benzene rings is 1. The summed E-state index contributed by atoms with van der Waals surface area (Å²) in [5, 5.41) is 3.04. The third-order valence-corrected chi connectivity index (χ3v) is 2.82. The van der Waals surface area contributed by atoms with E-state index in [0.717, 1.165) is 18.2 Å². The van der Waals surface area contributed by atoms with Crippen LogP contribution in [-0.2, 0) is 0 Å². The monoisotopic (exact) mass is 257 g/mol. The molecule has 0 aliphatic heterocycles. The minimum Gasteiger partial charge on any atom is -0.453 e. The number of rotatable bonds is 3. The average Bonchev–Trinajstić information content (AvgIpc) is 2.71. The van der Waals surface area contributed by atoms with Crippen LogP contribution in [-0.4, -0.2) is 7.05 Å². The highest BCUT2D eigenvalue weighted by atomic mass is 35.5. The van der Waals surface area contributed by atoms with Crippen LogP contribution in [0.4, 0.5) is 8.78 Å². The first kappa shape index (κ1) is 12.1. The zero-order valence-corrected chi connectivity index (χ0v) is 9.76. The second-order valence-corrected chi connectivity index (χ2v) is 3.88. The molecule has 2 aromatic rings. The molecule has 1 N–H and O–H groups in total. The molecule has 1 heterocycles. The van der Waals surface area contributed by atoms with E-state index in [9.17, 15) is 8.78 Å². The van der Waals surface area contributed by atoms with Crippen molar-refractivity contribution in [1.82, 2.24) is 5.32 Å². The normalized spacial score (nSPS) is 12.7. The summed E-state index contributed by atoms with van der Waals surface area (Å²) in [6.45, 7) is 0. The Hall–Kier alpha value is -1.39. The average molecular weight is 258 g/mol. The standard InChI is InChI=1S/C12H10ClF2NO/c1-16-11(8-4-5-17-12(8)13)9-6-7(14)2-3-10(9)15/h2-6,11,16H,1H3. The highest BCUT2D eigenvalue weighted by Gasteiger charge is 2.21. The number of hydrogen-bond donors (Lipinski definition) is 1. The van der Waals surface area contributed by atoms with E-state index in [0.29, 0.717) is 5.56 Å². The van der Waals surface area contributed by atoms with Gasteiger partial charge in [0, 0.05) is 11.1 Å². The zero-order chi connectivity index (χ0) is 12.4. The molecular weight excluding hydrogens is 248 g/mol. The molecule has 17 heavy (non-hydrogen) atoms. The van der Waals surface area contributed by atoms with Crippen molar-refractivity contribution in [3.63, 3.8) is 0 Å². The lowest BCUT2D eigenvalue weighted by Gasteiger charge is -2.16. The molecule has 0 saturated carbocycles. The number of furan rings is 1. The minimum atomic E-state index is -0.544. The Morgan fingerprint density at radius 2 is 2.00 bits per heavy atom. The van der Waals surface area contributed by atoms with Crippen LogP contribution in [0, 0.1) is 11.6 Å². The molecule has 0 saturated heterocycles. The van der Waals surface area contributed by atoms with Crippen LogP contribution < -0.4 is 5.32 Å². The summed E-state index contributed by atoms with van der Waals surface area (Å²) in [7, 11) is 1.64. The third kappa shape index (κ3) is 2.33. The zero-order valence-electron chi connectivity index (χ0n) is 9.01. The maximum Gasteiger partial charge on any atom is 0.198 e. The van der Waals surface area contributed by atoms with Gasteiger partial charge in [-0.2, -0.15) is 0 Å². The Kier molecular flexibility index (Phi) is 3.45. The summed E-state index contributed by atoms with van der Waals surface area (Å²) in [5.74, 6) is -0.996. The van der Waals surface area contributed by atoms with E-state index in [1.165, 1.54) is 6.26 Å². The van der Waals surface area contributed by atoms with E-state index >= 15 is 0 Å². The number of hydrogen-bond acceptors (Lipinski definition) is 2. The van der Waals surface area contributed by atoms with E-state index in [-0.39, 0.29) is 10.8 Å². The van der Waals surface area contributed by atoms with Gasteiger partial charge in [0.1, 0.15) is 11.6 Å². The lowest BCUT2D eigenvalue weighted by Crippen LogP contribution is -2.19. The predicted octanol–water partition coefficient (Wildman–Crippen LogP) is 3.52. The van der Waals surface area contributed by atoms with Gasteiger partial charge in [0.15, 0.2) is 5.22 Å². The van der Waals surface area contributed by atoms with Crippen LogP contribution in [0.1, 0.15) is 17.2 Å². The quantitative estimate of drug-likeness (QED) is 0.910. The first-order valence-electron chi connectivity index (χ1n) is 4.98. The summed E-state index contributed by atoms with van der Waals surface area (Å²) in [6, 6.07) is 4.37. The van der Waals surface area contributed by atoms with Crippen molar-refractivity contribution in [2.45, 2.75) is 6.04 Å². The molecule has 5 heteroatoms. The second kappa shape index (κ2) is 4.85. The van der Waals surface area contributed by atoms with Gasteiger partial charge in [-0.15, -0.1) is 0 Å². The van der Waals surface area contributed by atoms with Gasteiger partial charge in [0.2, 0.25) is 0 Å². The molecule has 0 radical (unpaired) electrons. The number of halogens is 3. The smallest absolute Gasteiger partial charge is 0.198 e. The molecule has 1 aromatic carbocycles. The van der Waals surface area contributed by atoms with Gasteiger partial charge in [-0.1, -0.05) is 0 Å². The lowest BCUT2D eigenvalue weighted by molar-refractivity contribution is 0.543. The largest absolute Gasteiger partial charge is 0.453 e. The molecule has 0 aliphatic carbocycles. The fourth-order valence-corrected chi connectivity index (χ4v) is 1.95. The van der Waals surface area contributed by atoms with Crippen LogP contribution in [0.3, 0.4) is 0 Å². The minimum absolute atomic E-state index is 0.160. The SMILES string of the molecule is CNC(c1cc(F)ccc1F)c1ccoc1Cl. The Labute approximate surface area is 102 Å². The van der Waals surface area contributed by atoms with Gasteiger partial charge in [-0.3, -0.25) is 0 Å². The molecule has 0 spiro atoms. The van der Waals surface area contributed by atoms with Crippen molar-refractivity contribution < 1.29 is 13.2 Å². The number of nitrogens with one attached hydrogen (secondary N) is 1. The molecule has 0 bridgehead atoms. The van der Waals surface area contributed by atoms with E-state index < -0.39 is 17.7 Å². The van der Waals surface area contributed by atoms with Crippen molar-refractivity contribution in [2.24, 2.45) is 0 Å². The summed E-state index contributed by atoms with van der Waals surface area (Å²) in [4.78, 5) is 0. The molecule has 0 aliphatic rings. The highest BCUT2D eigenvalue weighted by Crippen LogP contribution is 2.30. The molecule has 0 fully saturated rings. The Balaban J connectivity index is 2.49. The van der Waals surface area contributed by atoms with Crippen molar-refractivity contribution >= 4 is 11.6 Å².